The maximum Gasteiger partial charge on any atom is 0.421 e. The predicted molar refractivity (Wildman–Crippen MR) is 95.8 cm³/mol. The zero-order valence-electron chi connectivity index (χ0n) is 14.6. The maximum atomic E-state index is 12.0. The number of hydrogen-bond acceptors (Lipinski definition) is 6. The summed E-state index contributed by atoms with van der Waals surface area (Å²) in [7, 11) is 0. The second-order valence-electron chi connectivity index (χ2n) is 6.20. The standard InChI is InChI=1S/C12H17N3.C5H5F3N4/c13-11-8-4-5-9-15(11)12(14)10-6-2-1-3-7-10;6-5(7,8)2-1-11-4(10)12-3(2)9/h4-5,8-10,13-14H,1-3,6-7H2;1H,(H4,9,10,11,12). The zero-order chi connectivity index (χ0) is 20.0. The Balaban J connectivity index is 0.000000199. The summed E-state index contributed by atoms with van der Waals surface area (Å²) in [5, 5.41) is 15.8. The van der Waals surface area contributed by atoms with Gasteiger partial charge in [0, 0.05) is 18.3 Å². The number of nitrogens with zero attached hydrogens (tertiary/aromatic N) is 3. The van der Waals surface area contributed by atoms with E-state index in [0.29, 0.717) is 23.4 Å². The summed E-state index contributed by atoms with van der Waals surface area (Å²) in [4.78, 5) is 6.34. The van der Waals surface area contributed by atoms with Gasteiger partial charge in [-0.15, -0.1) is 0 Å². The highest BCUT2D eigenvalue weighted by molar-refractivity contribution is 5.83. The van der Waals surface area contributed by atoms with Gasteiger partial charge in [0.05, 0.1) is 0 Å². The van der Waals surface area contributed by atoms with Crippen LogP contribution in [0.1, 0.15) is 37.7 Å². The van der Waals surface area contributed by atoms with Gasteiger partial charge in [-0.25, -0.2) is 4.98 Å². The van der Waals surface area contributed by atoms with Crippen molar-refractivity contribution in [3.8, 4) is 0 Å². The van der Waals surface area contributed by atoms with E-state index in [9.17, 15) is 13.2 Å². The van der Waals surface area contributed by atoms with Gasteiger partial charge in [-0.2, -0.15) is 18.2 Å². The number of halogens is 3. The normalized spacial score (nSPS) is 14.9. The molecule has 1 fully saturated rings. The van der Waals surface area contributed by atoms with Gasteiger partial charge >= 0.3 is 6.18 Å². The van der Waals surface area contributed by atoms with Crippen molar-refractivity contribution in [1.82, 2.24) is 14.5 Å². The quantitative estimate of drug-likeness (QED) is 0.447. The topological polar surface area (TPSA) is 130 Å². The van der Waals surface area contributed by atoms with Crippen LogP contribution in [0.25, 0.3) is 0 Å². The number of nitrogen functional groups attached to an aromatic ring is 2. The second-order valence-corrected chi connectivity index (χ2v) is 6.20. The lowest BCUT2D eigenvalue weighted by Gasteiger charge is -2.23. The minimum absolute atomic E-state index is 0.277. The van der Waals surface area contributed by atoms with Crippen LogP contribution in [-0.2, 0) is 6.18 Å². The molecule has 0 atom stereocenters. The van der Waals surface area contributed by atoms with Gasteiger partial charge in [-0.1, -0.05) is 25.3 Å². The molecule has 1 saturated carbocycles. The third-order valence-corrected chi connectivity index (χ3v) is 4.25. The van der Waals surface area contributed by atoms with E-state index in [1.165, 1.54) is 19.3 Å². The molecule has 1 aliphatic carbocycles. The van der Waals surface area contributed by atoms with Crippen LogP contribution in [0.2, 0.25) is 0 Å². The van der Waals surface area contributed by atoms with Gasteiger partial charge < -0.3 is 11.5 Å². The average Bonchev–Trinajstić information content (AvgIpc) is 2.62. The molecule has 1 aliphatic rings. The molecule has 0 aromatic carbocycles. The minimum Gasteiger partial charge on any atom is -0.383 e. The number of alkyl halides is 3. The monoisotopic (exact) mass is 381 g/mol. The Morgan fingerprint density at radius 2 is 1.81 bits per heavy atom. The number of rotatable bonds is 1. The van der Waals surface area contributed by atoms with Crippen molar-refractivity contribution in [3.63, 3.8) is 0 Å². The van der Waals surface area contributed by atoms with Crippen molar-refractivity contribution in [2.75, 3.05) is 11.5 Å². The molecule has 0 bridgehead atoms. The first-order chi connectivity index (χ1) is 12.7. The molecule has 3 rings (SSSR count). The van der Waals surface area contributed by atoms with Gasteiger partial charge in [-0.3, -0.25) is 15.4 Å². The van der Waals surface area contributed by atoms with Gasteiger partial charge in [0.25, 0.3) is 0 Å². The molecule has 7 nitrogen and oxygen atoms in total. The van der Waals surface area contributed by atoms with Crippen LogP contribution in [0.3, 0.4) is 0 Å². The molecule has 0 aliphatic heterocycles. The molecule has 0 amide bonds. The van der Waals surface area contributed by atoms with E-state index in [1.54, 1.807) is 10.6 Å². The van der Waals surface area contributed by atoms with Crippen LogP contribution < -0.4 is 17.0 Å². The first kappa shape index (κ1) is 20.4. The summed E-state index contributed by atoms with van der Waals surface area (Å²) in [5.41, 5.74) is 9.30. The van der Waals surface area contributed by atoms with Gasteiger partial charge in [0.15, 0.2) is 0 Å². The average molecular weight is 381 g/mol. The van der Waals surface area contributed by atoms with E-state index in [1.807, 2.05) is 18.3 Å². The van der Waals surface area contributed by atoms with E-state index in [-0.39, 0.29) is 5.95 Å². The Morgan fingerprint density at radius 1 is 1.15 bits per heavy atom. The fourth-order valence-electron chi connectivity index (χ4n) is 2.85. The van der Waals surface area contributed by atoms with Crippen molar-refractivity contribution in [3.05, 3.63) is 41.6 Å². The zero-order valence-corrected chi connectivity index (χ0v) is 14.6. The Morgan fingerprint density at radius 3 is 2.37 bits per heavy atom. The highest BCUT2D eigenvalue weighted by Crippen LogP contribution is 2.31. The maximum absolute atomic E-state index is 12.0. The van der Waals surface area contributed by atoms with Crippen molar-refractivity contribution in [2.45, 2.75) is 38.3 Å². The lowest BCUT2D eigenvalue weighted by molar-refractivity contribution is -0.137. The van der Waals surface area contributed by atoms with E-state index in [4.69, 9.17) is 22.3 Å². The van der Waals surface area contributed by atoms with Crippen molar-refractivity contribution < 1.29 is 13.2 Å². The fourth-order valence-corrected chi connectivity index (χ4v) is 2.85. The number of nitrogens with one attached hydrogen (secondary N) is 2. The van der Waals surface area contributed by atoms with Crippen LogP contribution in [0.4, 0.5) is 24.9 Å². The van der Waals surface area contributed by atoms with Crippen molar-refractivity contribution in [1.29, 1.82) is 10.8 Å². The molecule has 6 N–H and O–H groups in total. The molecule has 0 radical (unpaired) electrons. The molecular formula is C17H22F3N7. The van der Waals surface area contributed by atoms with Gasteiger partial charge in [0.2, 0.25) is 5.95 Å². The number of anilines is 2. The highest BCUT2D eigenvalue weighted by atomic mass is 19.4. The first-order valence-electron chi connectivity index (χ1n) is 8.46. The SMILES string of the molecule is N=C(C1CCCCC1)n1ccccc1=N.Nc1ncc(C(F)(F)F)c(N)n1. The molecule has 2 heterocycles. The smallest absolute Gasteiger partial charge is 0.383 e. The summed E-state index contributed by atoms with van der Waals surface area (Å²) < 4.78 is 37.6. The van der Waals surface area contributed by atoms with Crippen LogP contribution in [0.15, 0.2) is 30.6 Å². The third kappa shape index (κ3) is 5.53. The van der Waals surface area contributed by atoms with Crippen LogP contribution in [0, 0.1) is 16.7 Å². The molecule has 2 aromatic rings. The summed E-state index contributed by atoms with van der Waals surface area (Å²) in [6.45, 7) is 0. The Bertz CT molecular complexity index is 839. The Kier molecular flexibility index (Phi) is 6.54. The van der Waals surface area contributed by atoms with Crippen LogP contribution in [-0.4, -0.2) is 20.4 Å². The summed E-state index contributed by atoms with van der Waals surface area (Å²) in [5.74, 6) is 0.0195. The summed E-state index contributed by atoms with van der Waals surface area (Å²) in [6, 6.07) is 5.46. The minimum atomic E-state index is -4.53. The molecule has 146 valence electrons. The number of aromatic nitrogens is 3. The molecule has 10 heteroatoms. The third-order valence-electron chi connectivity index (χ3n) is 4.25. The Labute approximate surface area is 154 Å². The van der Waals surface area contributed by atoms with Crippen molar-refractivity contribution >= 4 is 17.6 Å². The lowest BCUT2D eigenvalue weighted by atomic mass is 9.88. The van der Waals surface area contributed by atoms with E-state index < -0.39 is 17.6 Å². The number of nitrogens with two attached hydrogens (primary N) is 2. The van der Waals surface area contributed by atoms with E-state index in [2.05, 4.69) is 9.97 Å². The highest BCUT2D eigenvalue weighted by Gasteiger charge is 2.34. The molecule has 2 aromatic heterocycles. The predicted octanol–water partition coefficient (Wildman–Crippen LogP) is 3.03. The summed E-state index contributed by atoms with van der Waals surface area (Å²) in [6.07, 6.45) is 3.83. The first-order valence-corrected chi connectivity index (χ1v) is 8.46. The van der Waals surface area contributed by atoms with Crippen LogP contribution >= 0.6 is 0 Å². The van der Waals surface area contributed by atoms with E-state index in [0.717, 1.165) is 12.8 Å². The van der Waals surface area contributed by atoms with Gasteiger partial charge in [0.1, 0.15) is 22.7 Å². The van der Waals surface area contributed by atoms with Crippen LogP contribution in [0.5, 0.6) is 0 Å². The van der Waals surface area contributed by atoms with E-state index >= 15 is 0 Å². The molecule has 0 unspecified atom stereocenters. The molecule has 27 heavy (non-hydrogen) atoms. The van der Waals surface area contributed by atoms with Crippen molar-refractivity contribution in [2.24, 2.45) is 5.92 Å². The second kappa shape index (κ2) is 8.65. The molecule has 0 spiro atoms. The lowest BCUT2D eigenvalue weighted by Crippen LogP contribution is -2.31. The van der Waals surface area contributed by atoms with Gasteiger partial charge in [-0.05, 0) is 25.0 Å². The molecule has 0 saturated heterocycles. The number of pyridine rings is 1. The molecular weight excluding hydrogens is 359 g/mol. The largest absolute Gasteiger partial charge is 0.421 e. The summed E-state index contributed by atoms with van der Waals surface area (Å²) >= 11 is 0. The Hall–Kier alpha value is -2.91. The fraction of sp³-hybridized carbons (Fsp3) is 0.412. The number of hydrogen-bond donors (Lipinski definition) is 4.